The molecule has 8 heteroatoms. The highest BCUT2D eigenvalue weighted by atomic mass is 19.4. The molecule has 5 nitrogen and oxygen atoms in total. The summed E-state index contributed by atoms with van der Waals surface area (Å²) in [6.45, 7) is -0.356. The zero-order valence-corrected chi connectivity index (χ0v) is 8.51. The van der Waals surface area contributed by atoms with Crippen LogP contribution in [-0.2, 0) is 6.54 Å². The van der Waals surface area contributed by atoms with E-state index in [1.807, 2.05) is 0 Å². The first-order chi connectivity index (χ1) is 7.33. The number of nitrogen functional groups attached to an aromatic ring is 1. The Balaban J connectivity index is 2.74. The molecule has 90 valence electrons. The number of hydrogen-bond acceptors (Lipinski definition) is 3. The van der Waals surface area contributed by atoms with Gasteiger partial charge in [-0.05, 0) is 0 Å². The van der Waals surface area contributed by atoms with E-state index in [1.54, 1.807) is 0 Å². The lowest BCUT2D eigenvalue weighted by molar-refractivity contribution is -0.137. The molecular weight excluding hydrogens is 225 g/mol. The van der Waals surface area contributed by atoms with Gasteiger partial charge in [0.25, 0.3) is 5.91 Å². The maximum Gasteiger partial charge on any atom is 0.390 e. The molecule has 16 heavy (non-hydrogen) atoms. The first-order valence-corrected chi connectivity index (χ1v) is 4.45. The van der Waals surface area contributed by atoms with Crippen LogP contribution in [0.2, 0.25) is 0 Å². The summed E-state index contributed by atoms with van der Waals surface area (Å²) in [5.74, 6) is -0.525. The summed E-state index contributed by atoms with van der Waals surface area (Å²) in [5.41, 5.74) is 5.42. The Bertz CT molecular complexity index is 385. The molecule has 0 aliphatic rings. The largest absolute Gasteiger partial charge is 0.396 e. The molecule has 0 spiro atoms. The van der Waals surface area contributed by atoms with Crippen molar-refractivity contribution < 1.29 is 18.0 Å². The first kappa shape index (κ1) is 12.3. The van der Waals surface area contributed by atoms with Gasteiger partial charge in [-0.2, -0.15) is 18.3 Å². The molecular formula is C8H11F3N4O. The van der Waals surface area contributed by atoms with Crippen LogP contribution in [0.15, 0.2) is 6.20 Å². The number of nitrogens with zero attached hydrogens (tertiary/aromatic N) is 2. The number of aromatic nitrogens is 2. The van der Waals surface area contributed by atoms with Gasteiger partial charge in [-0.15, -0.1) is 0 Å². The molecule has 3 N–H and O–H groups in total. The average molecular weight is 236 g/mol. The number of hydrogen-bond donors (Lipinski definition) is 2. The Labute approximate surface area is 89.4 Å². The highest BCUT2D eigenvalue weighted by molar-refractivity contribution is 5.96. The van der Waals surface area contributed by atoms with Gasteiger partial charge < -0.3 is 11.1 Å². The molecule has 0 unspecified atom stereocenters. The van der Waals surface area contributed by atoms with E-state index in [1.165, 1.54) is 13.2 Å². The minimum absolute atomic E-state index is 0.0570. The Hall–Kier alpha value is -1.73. The predicted molar refractivity (Wildman–Crippen MR) is 50.7 cm³/mol. The summed E-state index contributed by atoms with van der Waals surface area (Å²) >= 11 is 0. The summed E-state index contributed by atoms with van der Waals surface area (Å²) in [4.78, 5) is 11.2. The zero-order chi connectivity index (χ0) is 12.3. The van der Waals surface area contributed by atoms with E-state index in [-0.39, 0.29) is 17.9 Å². The number of aryl methyl sites for hydroxylation is 1. The van der Waals surface area contributed by atoms with Crippen LogP contribution in [-0.4, -0.2) is 28.9 Å². The third-order valence-electron chi connectivity index (χ3n) is 1.86. The maximum atomic E-state index is 11.9. The van der Waals surface area contributed by atoms with Gasteiger partial charge in [-0.25, -0.2) is 0 Å². The normalized spacial score (nSPS) is 11.5. The maximum absolute atomic E-state index is 11.9. The highest BCUT2D eigenvalue weighted by Gasteiger charge is 2.27. The van der Waals surface area contributed by atoms with Gasteiger partial charge in [-0.3, -0.25) is 9.48 Å². The van der Waals surface area contributed by atoms with Gasteiger partial charge in [-0.1, -0.05) is 0 Å². The van der Waals surface area contributed by atoms with Gasteiger partial charge in [0.2, 0.25) is 0 Å². The van der Waals surface area contributed by atoms with E-state index in [2.05, 4.69) is 10.4 Å². The first-order valence-electron chi connectivity index (χ1n) is 4.45. The van der Waals surface area contributed by atoms with Crippen LogP contribution in [0.1, 0.15) is 16.9 Å². The van der Waals surface area contributed by atoms with Crippen LogP contribution in [0, 0.1) is 0 Å². The number of carbonyl (C=O) groups is 1. The summed E-state index contributed by atoms with van der Waals surface area (Å²) in [6, 6.07) is 0. The Kier molecular flexibility index (Phi) is 3.41. The fourth-order valence-corrected chi connectivity index (χ4v) is 1.09. The van der Waals surface area contributed by atoms with Crippen molar-refractivity contribution in [3.63, 3.8) is 0 Å². The van der Waals surface area contributed by atoms with Gasteiger partial charge in [0, 0.05) is 19.8 Å². The molecule has 0 fully saturated rings. The quantitative estimate of drug-likeness (QED) is 0.814. The van der Waals surface area contributed by atoms with Crippen molar-refractivity contribution in [1.82, 2.24) is 15.1 Å². The number of nitrogens with two attached hydrogens (primary N) is 1. The molecule has 1 rings (SSSR count). The van der Waals surface area contributed by atoms with Crippen LogP contribution >= 0.6 is 0 Å². The van der Waals surface area contributed by atoms with Crippen LogP contribution < -0.4 is 11.1 Å². The number of rotatable bonds is 3. The monoisotopic (exact) mass is 236 g/mol. The second kappa shape index (κ2) is 4.42. The van der Waals surface area contributed by atoms with Crippen LogP contribution in [0.4, 0.5) is 18.9 Å². The van der Waals surface area contributed by atoms with E-state index in [9.17, 15) is 18.0 Å². The number of carbonyl (C=O) groups excluding carboxylic acids is 1. The topological polar surface area (TPSA) is 72.9 Å². The van der Waals surface area contributed by atoms with Gasteiger partial charge in [0.05, 0.1) is 12.1 Å². The molecule has 0 bridgehead atoms. The van der Waals surface area contributed by atoms with E-state index < -0.39 is 18.5 Å². The van der Waals surface area contributed by atoms with Crippen LogP contribution in [0.5, 0.6) is 0 Å². The number of halogens is 3. The molecule has 1 aromatic rings. The van der Waals surface area contributed by atoms with Crippen molar-refractivity contribution in [3.05, 3.63) is 11.9 Å². The average Bonchev–Trinajstić information content (AvgIpc) is 2.55. The number of alkyl halides is 3. The Morgan fingerprint density at radius 1 is 1.62 bits per heavy atom. The highest BCUT2D eigenvalue weighted by Crippen LogP contribution is 2.20. The fourth-order valence-electron chi connectivity index (χ4n) is 1.09. The third-order valence-corrected chi connectivity index (χ3v) is 1.86. The molecule has 0 saturated carbocycles. The number of amides is 1. The van der Waals surface area contributed by atoms with Crippen molar-refractivity contribution in [3.8, 4) is 0 Å². The van der Waals surface area contributed by atoms with Gasteiger partial charge in [0.1, 0.15) is 0 Å². The minimum atomic E-state index is -4.26. The van der Waals surface area contributed by atoms with E-state index in [4.69, 9.17) is 5.73 Å². The Morgan fingerprint density at radius 2 is 2.25 bits per heavy atom. The molecule has 0 aliphatic carbocycles. The van der Waals surface area contributed by atoms with Crippen LogP contribution in [0.3, 0.4) is 0 Å². The lowest BCUT2D eigenvalue weighted by atomic mass is 10.3. The van der Waals surface area contributed by atoms with E-state index in [0.717, 1.165) is 4.68 Å². The van der Waals surface area contributed by atoms with Gasteiger partial charge in [0.15, 0.2) is 5.69 Å². The molecule has 0 aliphatic heterocycles. The van der Waals surface area contributed by atoms with Gasteiger partial charge >= 0.3 is 6.18 Å². The summed E-state index contributed by atoms with van der Waals surface area (Å²) < 4.78 is 36.8. The molecule has 0 radical (unpaired) electrons. The molecule has 1 heterocycles. The van der Waals surface area contributed by atoms with E-state index >= 15 is 0 Å². The van der Waals surface area contributed by atoms with Crippen molar-refractivity contribution >= 4 is 11.6 Å². The molecule has 1 aromatic heterocycles. The van der Waals surface area contributed by atoms with Crippen molar-refractivity contribution in [2.24, 2.45) is 0 Å². The van der Waals surface area contributed by atoms with Crippen molar-refractivity contribution in [2.75, 3.05) is 12.8 Å². The van der Waals surface area contributed by atoms with Crippen molar-refractivity contribution in [2.45, 2.75) is 19.1 Å². The summed E-state index contributed by atoms with van der Waals surface area (Å²) in [6.07, 6.45) is -4.06. The second-order valence-electron chi connectivity index (χ2n) is 3.14. The minimum Gasteiger partial charge on any atom is -0.396 e. The second-order valence-corrected chi connectivity index (χ2v) is 3.14. The molecule has 0 saturated heterocycles. The van der Waals surface area contributed by atoms with Crippen molar-refractivity contribution in [1.29, 1.82) is 0 Å². The van der Waals surface area contributed by atoms with Crippen LogP contribution in [0.25, 0.3) is 0 Å². The standard InChI is InChI=1S/C8H11F3N4O/c1-13-7(16)6-5(12)4-15(14-6)3-2-8(9,10)11/h4H,2-3,12H2,1H3,(H,13,16). The van der Waals surface area contributed by atoms with E-state index in [0.29, 0.717) is 0 Å². The smallest absolute Gasteiger partial charge is 0.390 e. The molecule has 0 aromatic carbocycles. The number of anilines is 1. The third kappa shape index (κ3) is 3.14. The molecule has 1 amide bonds. The Morgan fingerprint density at radius 3 is 2.75 bits per heavy atom. The SMILES string of the molecule is CNC(=O)c1nn(CCC(F)(F)F)cc1N. The zero-order valence-electron chi connectivity index (χ0n) is 8.51. The summed E-state index contributed by atoms with van der Waals surface area (Å²) in [7, 11) is 1.39. The molecule has 0 atom stereocenters. The lowest BCUT2D eigenvalue weighted by Gasteiger charge is -2.05. The summed E-state index contributed by atoms with van der Waals surface area (Å²) in [5, 5.41) is 5.95. The predicted octanol–water partition coefficient (Wildman–Crippen LogP) is 0.777. The lowest BCUT2D eigenvalue weighted by Crippen LogP contribution is -2.20. The number of nitrogens with one attached hydrogen (secondary N) is 1. The fraction of sp³-hybridized carbons (Fsp3) is 0.500.